The highest BCUT2D eigenvalue weighted by Crippen LogP contribution is 2.34. The summed E-state index contributed by atoms with van der Waals surface area (Å²) in [6, 6.07) is 7.22. The molecule has 174 valence electrons. The summed E-state index contributed by atoms with van der Waals surface area (Å²) in [7, 11) is 0. The Labute approximate surface area is 196 Å². The second-order valence-electron chi connectivity index (χ2n) is 8.52. The first-order valence-electron chi connectivity index (χ1n) is 11.2. The molecule has 8 nitrogen and oxygen atoms in total. The maximum atomic E-state index is 13.2. The van der Waals surface area contributed by atoms with Crippen LogP contribution in [0.25, 0.3) is 0 Å². The molecule has 0 saturated carbocycles. The highest BCUT2D eigenvalue weighted by molar-refractivity contribution is 7.17. The van der Waals surface area contributed by atoms with Crippen LogP contribution in [0.1, 0.15) is 57.5 Å². The van der Waals surface area contributed by atoms with Gasteiger partial charge in [-0.05, 0) is 38.8 Å². The average Bonchev–Trinajstić information content (AvgIpc) is 3.22. The van der Waals surface area contributed by atoms with Crippen LogP contribution in [-0.4, -0.2) is 53.1 Å². The SMILES string of the molecule is CCOC(=O)[C@H]1CCCN(C(=O)[C@H]2CC(=O)c3sc(NC(=O)c4cccc(C)c4)nc3C2)C1. The van der Waals surface area contributed by atoms with Crippen molar-refractivity contribution in [2.24, 2.45) is 11.8 Å². The van der Waals surface area contributed by atoms with Gasteiger partial charge in [0.2, 0.25) is 5.91 Å². The summed E-state index contributed by atoms with van der Waals surface area (Å²) in [4.78, 5) is 57.2. The van der Waals surface area contributed by atoms with E-state index in [1.54, 1.807) is 24.0 Å². The number of aryl methyl sites for hydroxylation is 1. The average molecular weight is 470 g/mol. The summed E-state index contributed by atoms with van der Waals surface area (Å²) >= 11 is 1.15. The van der Waals surface area contributed by atoms with Crippen LogP contribution in [0.4, 0.5) is 5.13 Å². The number of piperidine rings is 1. The molecular formula is C24H27N3O5S. The molecule has 1 N–H and O–H groups in total. The normalized spacial score (nSPS) is 20.2. The molecule has 2 aromatic rings. The molecule has 33 heavy (non-hydrogen) atoms. The van der Waals surface area contributed by atoms with Gasteiger partial charge in [-0.15, -0.1) is 0 Å². The molecule has 1 fully saturated rings. The molecular weight excluding hydrogens is 442 g/mol. The Balaban J connectivity index is 1.43. The molecule has 1 aromatic heterocycles. The number of nitrogens with zero attached hydrogens (tertiary/aromatic N) is 2. The first-order valence-corrected chi connectivity index (χ1v) is 12.0. The minimum atomic E-state index is -0.506. The van der Waals surface area contributed by atoms with Gasteiger partial charge < -0.3 is 9.64 Å². The number of rotatable bonds is 5. The predicted octanol–water partition coefficient (Wildman–Crippen LogP) is 3.25. The van der Waals surface area contributed by atoms with Gasteiger partial charge in [0.25, 0.3) is 5.91 Å². The minimum absolute atomic E-state index is 0.111. The topological polar surface area (TPSA) is 106 Å². The lowest BCUT2D eigenvalue weighted by molar-refractivity contribution is -0.152. The summed E-state index contributed by atoms with van der Waals surface area (Å²) in [5.74, 6) is -1.65. The highest BCUT2D eigenvalue weighted by atomic mass is 32.1. The van der Waals surface area contributed by atoms with Crippen LogP contribution in [0.3, 0.4) is 0 Å². The number of carbonyl (C=O) groups excluding carboxylic acids is 4. The lowest BCUT2D eigenvalue weighted by atomic mass is 9.87. The number of hydrogen-bond acceptors (Lipinski definition) is 7. The van der Waals surface area contributed by atoms with E-state index in [9.17, 15) is 19.2 Å². The molecule has 1 aliphatic carbocycles. The van der Waals surface area contributed by atoms with Crippen molar-refractivity contribution in [1.29, 1.82) is 0 Å². The van der Waals surface area contributed by atoms with Crippen molar-refractivity contribution in [3.63, 3.8) is 0 Å². The zero-order chi connectivity index (χ0) is 23.5. The molecule has 0 unspecified atom stereocenters. The number of Topliss-reactive ketones (excluding diaryl/α,β-unsaturated/α-hetero) is 1. The van der Waals surface area contributed by atoms with Crippen LogP contribution in [-0.2, 0) is 20.7 Å². The number of fused-ring (bicyclic) bond motifs is 1. The van der Waals surface area contributed by atoms with Crippen molar-refractivity contribution in [3.05, 3.63) is 46.0 Å². The van der Waals surface area contributed by atoms with E-state index in [1.165, 1.54) is 0 Å². The zero-order valence-corrected chi connectivity index (χ0v) is 19.6. The van der Waals surface area contributed by atoms with Gasteiger partial charge in [0.15, 0.2) is 10.9 Å². The van der Waals surface area contributed by atoms with E-state index in [0.29, 0.717) is 53.8 Å². The van der Waals surface area contributed by atoms with Crippen LogP contribution in [0.5, 0.6) is 0 Å². The van der Waals surface area contributed by atoms with E-state index in [1.807, 2.05) is 19.1 Å². The molecule has 2 amide bonds. The van der Waals surface area contributed by atoms with Gasteiger partial charge in [0.1, 0.15) is 0 Å². The highest BCUT2D eigenvalue weighted by Gasteiger charge is 2.37. The van der Waals surface area contributed by atoms with E-state index in [2.05, 4.69) is 10.3 Å². The number of carbonyl (C=O) groups is 4. The first-order chi connectivity index (χ1) is 15.9. The number of benzene rings is 1. The molecule has 1 aromatic carbocycles. The number of thiazole rings is 1. The number of nitrogens with one attached hydrogen (secondary N) is 1. The van der Waals surface area contributed by atoms with Crippen LogP contribution >= 0.6 is 11.3 Å². The largest absolute Gasteiger partial charge is 0.466 e. The Morgan fingerprint density at radius 3 is 2.82 bits per heavy atom. The van der Waals surface area contributed by atoms with Crippen molar-refractivity contribution in [2.75, 3.05) is 25.0 Å². The Bertz CT molecular complexity index is 1100. The number of ether oxygens (including phenoxy) is 1. The number of amides is 2. The van der Waals surface area contributed by atoms with Crippen molar-refractivity contribution >= 4 is 40.0 Å². The Morgan fingerprint density at radius 1 is 1.24 bits per heavy atom. The molecule has 2 heterocycles. The zero-order valence-electron chi connectivity index (χ0n) is 18.8. The molecule has 2 atom stereocenters. The number of anilines is 1. The van der Waals surface area contributed by atoms with Gasteiger partial charge in [-0.25, -0.2) is 4.98 Å². The summed E-state index contributed by atoms with van der Waals surface area (Å²) in [5.41, 5.74) is 2.04. The second-order valence-corrected chi connectivity index (χ2v) is 9.52. The third kappa shape index (κ3) is 5.13. The number of esters is 1. The van der Waals surface area contributed by atoms with Gasteiger partial charge in [-0.2, -0.15) is 0 Å². The van der Waals surface area contributed by atoms with E-state index in [-0.39, 0.29) is 35.9 Å². The molecule has 4 rings (SSSR count). The van der Waals surface area contributed by atoms with E-state index >= 15 is 0 Å². The van der Waals surface area contributed by atoms with Crippen molar-refractivity contribution in [2.45, 2.75) is 39.5 Å². The third-order valence-corrected chi connectivity index (χ3v) is 7.08. The predicted molar refractivity (Wildman–Crippen MR) is 123 cm³/mol. The second kappa shape index (κ2) is 9.82. The monoisotopic (exact) mass is 469 g/mol. The standard InChI is InChI=1S/C24H27N3O5S/c1-3-32-23(31)16-8-5-9-27(13-16)22(30)17-11-18-20(19(28)12-17)33-24(25-18)26-21(29)15-7-4-6-14(2)10-15/h4,6-7,10,16-17H,3,5,8-9,11-13H2,1-2H3,(H,25,26,29)/t16-,17+/m0/s1. The summed E-state index contributed by atoms with van der Waals surface area (Å²) in [5, 5.41) is 3.13. The fraction of sp³-hybridized carbons (Fsp3) is 0.458. The van der Waals surface area contributed by atoms with Gasteiger partial charge in [-0.3, -0.25) is 24.5 Å². The Hall–Kier alpha value is -3.07. The van der Waals surface area contributed by atoms with E-state index in [0.717, 1.165) is 23.3 Å². The molecule has 0 bridgehead atoms. The molecule has 1 saturated heterocycles. The summed E-state index contributed by atoms with van der Waals surface area (Å²) in [6.07, 6.45) is 1.89. The smallest absolute Gasteiger partial charge is 0.310 e. The van der Waals surface area contributed by atoms with Gasteiger partial charge in [0.05, 0.1) is 29.0 Å². The molecule has 0 radical (unpaired) electrons. The van der Waals surface area contributed by atoms with E-state index < -0.39 is 5.92 Å². The number of likely N-dealkylation sites (tertiary alicyclic amines) is 1. The van der Waals surface area contributed by atoms with Crippen LogP contribution in [0, 0.1) is 18.8 Å². The minimum Gasteiger partial charge on any atom is -0.466 e. The lowest BCUT2D eigenvalue weighted by Gasteiger charge is -2.34. The fourth-order valence-corrected chi connectivity index (χ4v) is 5.34. The number of aromatic nitrogens is 1. The number of ketones is 1. The summed E-state index contributed by atoms with van der Waals surface area (Å²) in [6.45, 7) is 4.88. The molecule has 9 heteroatoms. The lowest BCUT2D eigenvalue weighted by Crippen LogP contribution is -2.46. The van der Waals surface area contributed by atoms with E-state index in [4.69, 9.17) is 4.74 Å². The van der Waals surface area contributed by atoms with Gasteiger partial charge in [0, 0.05) is 31.5 Å². The van der Waals surface area contributed by atoms with Crippen LogP contribution in [0.15, 0.2) is 24.3 Å². The molecule has 1 aliphatic heterocycles. The van der Waals surface area contributed by atoms with Crippen LogP contribution in [0.2, 0.25) is 0 Å². The van der Waals surface area contributed by atoms with Gasteiger partial charge >= 0.3 is 5.97 Å². The van der Waals surface area contributed by atoms with Crippen molar-refractivity contribution in [1.82, 2.24) is 9.88 Å². The third-order valence-electron chi connectivity index (χ3n) is 6.03. The van der Waals surface area contributed by atoms with Crippen molar-refractivity contribution < 1.29 is 23.9 Å². The maximum absolute atomic E-state index is 13.2. The van der Waals surface area contributed by atoms with Crippen molar-refractivity contribution in [3.8, 4) is 0 Å². The van der Waals surface area contributed by atoms with Crippen LogP contribution < -0.4 is 5.32 Å². The molecule has 0 spiro atoms. The number of hydrogen-bond donors (Lipinski definition) is 1. The molecule has 2 aliphatic rings. The quantitative estimate of drug-likeness (QED) is 0.674. The Kier molecular flexibility index (Phi) is 6.88. The maximum Gasteiger partial charge on any atom is 0.310 e. The summed E-state index contributed by atoms with van der Waals surface area (Å²) < 4.78 is 5.12. The fourth-order valence-electron chi connectivity index (χ4n) is 4.40. The van der Waals surface area contributed by atoms with Gasteiger partial charge in [-0.1, -0.05) is 29.0 Å². The Morgan fingerprint density at radius 2 is 2.06 bits per heavy atom. The first kappa shape index (κ1) is 23.1.